The van der Waals surface area contributed by atoms with Crippen LogP contribution >= 0.6 is 24.0 Å². The molecule has 0 spiro atoms. The van der Waals surface area contributed by atoms with Gasteiger partial charge in [0, 0.05) is 45.3 Å². The minimum absolute atomic E-state index is 0. The van der Waals surface area contributed by atoms with E-state index in [0.717, 1.165) is 43.4 Å². The van der Waals surface area contributed by atoms with Crippen molar-refractivity contribution in [2.24, 2.45) is 4.99 Å². The second-order valence-electron chi connectivity index (χ2n) is 6.91. The normalized spacial score (nSPS) is 15.7. The van der Waals surface area contributed by atoms with Gasteiger partial charge in [-0.25, -0.2) is 9.67 Å². The van der Waals surface area contributed by atoms with Crippen LogP contribution in [0, 0.1) is 0 Å². The summed E-state index contributed by atoms with van der Waals surface area (Å²) in [4.78, 5) is 20.8. The summed E-state index contributed by atoms with van der Waals surface area (Å²) in [6.07, 6.45) is 2.65. The number of methoxy groups -OCH3 is 1. The molecule has 1 atom stereocenters. The zero-order chi connectivity index (χ0) is 20.5. The average molecular weight is 527 g/mol. The molecule has 0 radical (unpaired) electrons. The number of rotatable bonds is 8. The topological polar surface area (TPSA) is 105 Å². The number of aromatic nitrogens is 3. The monoisotopic (exact) mass is 527 g/mol. The molecule has 3 rings (SSSR count). The van der Waals surface area contributed by atoms with Crippen molar-refractivity contribution < 1.29 is 9.53 Å². The van der Waals surface area contributed by atoms with Crippen LogP contribution in [0.1, 0.15) is 34.8 Å². The van der Waals surface area contributed by atoms with E-state index < -0.39 is 0 Å². The van der Waals surface area contributed by atoms with Crippen molar-refractivity contribution in [3.63, 3.8) is 0 Å². The molecule has 9 nitrogen and oxygen atoms in total. The Morgan fingerprint density at radius 1 is 1.27 bits per heavy atom. The van der Waals surface area contributed by atoms with Crippen LogP contribution in [-0.4, -0.2) is 59.9 Å². The molecule has 1 aliphatic rings. The third-order valence-corrected chi connectivity index (χ3v) is 4.71. The van der Waals surface area contributed by atoms with E-state index in [9.17, 15) is 4.79 Å². The zero-order valence-electron chi connectivity index (χ0n) is 17.4. The summed E-state index contributed by atoms with van der Waals surface area (Å²) in [7, 11) is 3.40. The molecular weight excluding hydrogens is 497 g/mol. The Labute approximate surface area is 194 Å². The van der Waals surface area contributed by atoms with Gasteiger partial charge in [0.15, 0.2) is 11.8 Å². The summed E-state index contributed by atoms with van der Waals surface area (Å²) in [6.45, 7) is 2.50. The number of hydrogen-bond acceptors (Lipinski definition) is 5. The second kappa shape index (κ2) is 12.5. The maximum atomic E-state index is 12.0. The van der Waals surface area contributed by atoms with Crippen LogP contribution in [0.25, 0.3) is 0 Å². The smallest absolute Gasteiger partial charge is 0.251 e. The minimum atomic E-state index is -0.0493. The van der Waals surface area contributed by atoms with Crippen molar-refractivity contribution in [1.29, 1.82) is 0 Å². The molecule has 0 fully saturated rings. The summed E-state index contributed by atoms with van der Waals surface area (Å²) in [5.74, 6) is 2.44. The highest BCUT2D eigenvalue weighted by atomic mass is 127. The molecule has 1 aliphatic heterocycles. The highest BCUT2D eigenvalue weighted by Crippen LogP contribution is 2.13. The molecule has 0 saturated heterocycles. The van der Waals surface area contributed by atoms with E-state index in [0.29, 0.717) is 25.3 Å². The Bertz CT molecular complexity index is 826. The molecule has 3 N–H and O–H groups in total. The predicted molar refractivity (Wildman–Crippen MR) is 126 cm³/mol. The van der Waals surface area contributed by atoms with Gasteiger partial charge in [-0.15, -0.1) is 24.0 Å². The first-order valence-corrected chi connectivity index (χ1v) is 9.91. The lowest BCUT2D eigenvalue weighted by molar-refractivity contribution is 0.0953. The molecule has 2 aromatic rings. The lowest BCUT2D eigenvalue weighted by atomic mass is 10.1. The molecular formula is C20H30IN7O2. The average Bonchev–Trinajstić information content (AvgIpc) is 3.15. The molecule has 30 heavy (non-hydrogen) atoms. The third-order valence-electron chi connectivity index (χ3n) is 4.71. The van der Waals surface area contributed by atoms with Crippen molar-refractivity contribution in [2.75, 3.05) is 27.2 Å². The summed E-state index contributed by atoms with van der Waals surface area (Å²) in [6, 6.07) is 9.47. The van der Waals surface area contributed by atoms with Crippen LogP contribution in [0.5, 0.6) is 0 Å². The number of hydrogen-bond donors (Lipinski definition) is 3. The molecule has 164 valence electrons. The minimum Gasteiger partial charge on any atom is -0.377 e. The summed E-state index contributed by atoms with van der Waals surface area (Å²) in [5.41, 5.74) is 0.677. The van der Waals surface area contributed by atoms with E-state index in [-0.39, 0.29) is 35.9 Å². The molecule has 0 bridgehead atoms. The fourth-order valence-electron chi connectivity index (χ4n) is 3.25. The second-order valence-corrected chi connectivity index (χ2v) is 6.91. The molecule has 1 aromatic carbocycles. The number of halogens is 1. The van der Waals surface area contributed by atoms with E-state index >= 15 is 0 Å². The lowest BCUT2D eigenvalue weighted by Gasteiger charge is -2.25. The zero-order valence-corrected chi connectivity index (χ0v) is 19.8. The SMILES string of the molecule is CN=C(NCCCNC(=O)c1ccccc1)NC1CCc2nc(COC)nn2C1.I. The maximum Gasteiger partial charge on any atom is 0.251 e. The molecule has 1 unspecified atom stereocenters. The Hall–Kier alpha value is -2.21. The summed E-state index contributed by atoms with van der Waals surface area (Å²) < 4.78 is 7.06. The quantitative estimate of drug-likeness (QED) is 0.207. The van der Waals surface area contributed by atoms with Crippen LogP contribution < -0.4 is 16.0 Å². The van der Waals surface area contributed by atoms with Gasteiger partial charge in [0.05, 0.1) is 6.54 Å². The number of nitrogens with one attached hydrogen (secondary N) is 3. The van der Waals surface area contributed by atoms with Gasteiger partial charge < -0.3 is 20.7 Å². The largest absolute Gasteiger partial charge is 0.377 e. The standard InChI is InChI=1S/C20H29N7O2.HI/c1-21-20(23-12-6-11-22-19(28)15-7-4-3-5-8-15)24-16-9-10-18-25-17(14-29-2)26-27(18)13-16;/h3-5,7-8,16H,6,9-14H2,1-2H3,(H,22,28)(H2,21,23,24);1H. The number of aliphatic imine (C=N–C) groups is 1. The Balaban J connectivity index is 0.00000320. The first-order valence-electron chi connectivity index (χ1n) is 9.91. The van der Waals surface area contributed by atoms with Crippen LogP contribution in [0.3, 0.4) is 0 Å². The highest BCUT2D eigenvalue weighted by molar-refractivity contribution is 14.0. The number of amides is 1. The van der Waals surface area contributed by atoms with E-state index in [1.165, 1.54) is 0 Å². The third kappa shape index (κ3) is 6.94. The molecule has 0 saturated carbocycles. The molecule has 1 aromatic heterocycles. The number of aryl methyl sites for hydroxylation is 1. The van der Waals surface area contributed by atoms with Gasteiger partial charge >= 0.3 is 0 Å². The number of carbonyl (C=O) groups excluding carboxylic acids is 1. The van der Waals surface area contributed by atoms with Gasteiger partial charge in [-0.3, -0.25) is 9.79 Å². The number of benzene rings is 1. The fraction of sp³-hybridized carbons (Fsp3) is 0.500. The lowest BCUT2D eigenvalue weighted by Crippen LogP contribution is -2.47. The van der Waals surface area contributed by atoms with Crippen molar-refractivity contribution in [1.82, 2.24) is 30.7 Å². The molecule has 1 amide bonds. The number of guanidine groups is 1. The van der Waals surface area contributed by atoms with Crippen molar-refractivity contribution in [3.8, 4) is 0 Å². The highest BCUT2D eigenvalue weighted by Gasteiger charge is 2.22. The Kier molecular flexibility index (Phi) is 10.0. The van der Waals surface area contributed by atoms with Crippen molar-refractivity contribution in [2.45, 2.75) is 38.5 Å². The van der Waals surface area contributed by atoms with Crippen LogP contribution in [0.2, 0.25) is 0 Å². The fourth-order valence-corrected chi connectivity index (χ4v) is 3.25. The van der Waals surface area contributed by atoms with E-state index in [1.807, 2.05) is 35.0 Å². The van der Waals surface area contributed by atoms with Crippen molar-refractivity contribution >= 4 is 35.8 Å². The van der Waals surface area contributed by atoms with E-state index in [4.69, 9.17) is 4.74 Å². The van der Waals surface area contributed by atoms with Crippen LogP contribution in [-0.2, 0) is 24.3 Å². The number of ether oxygens (including phenoxy) is 1. The number of nitrogens with zero attached hydrogens (tertiary/aromatic N) is 4. The van der Waals surface area contributed by atoms with Gasteiger partial charge in [-0.1, -0.05) is 18.2 Å². The van der Waals surface area contributed by atoms with Gasteiger partial charge in [0.25, 0.3) is 5.91 Å². The first kappa shape index (κ1) is 24.1. The molecule has 10 heteroatoms. The van der Waals surface area contributed by atoms with E-state index in [2.05, 4.69) is 31.0 Å². The first-order chi connectivity index (χ1) is 14.2. The van der Waals surface area contributed by atoms with Gasteiger partial charge in [-0.2, -0.15) is 5.10 Å². The summed E-state index contributed by atoms with van der Waals surface area (Å²) in [5, 5.41) is 14.2. The predicted octanol–water partition coefficient (Wildman–Crippen LogP) is 1.34. The Morgan fingerprint density at radius 2 is 2.03 bits per heavy atom. The molecule has 2 heterocycles. The molecule has 0 aliphatic carbocycles. The maximum absolute atomic E-state index is 12.0. The van der Waals surface area contributed by atoms with Gasteiger partial charge in [-0.05, 0) is 25.0 Å². The number of carbonyl (C=O) groups is 1. The van der Waals surface area contributed by atoms with Crippen molar-refractivity contribution in [3.05, 3.63) is 47.5 Å². The Morgan fingerprint density at radius 3 is 2.77 bits per heavy atom. The van der Waals surface area contributed by atoms with Crippen LogP contribution in [0.15, 0.2) is 35.3 Å². The number of fused-ring (bicyclic) bond motifs is 1. The summed E-state index contributed by atoms with van der Waals surface area (Å²) >= 11 is 0. The van der Waals surface area contributed by atoms with Gasteiger partial charge in [0.2, 0.25) is 0 Å². The van der Waals surface area contributed by atoms with Crippen LogP contribution in [0.4, 0.5) is 0 Å². The van der Waals surface area contributed by atoms with E-state index in [1.54, 1.807) is 14.2 Å². The van der Waals surface area contributed by atoms with Gasteiger partial charge in [0.1, 0.15) is 12.4 Å².